The molecule has 132 valence electrons. The average molecular weight is 355 g/mol. The number of alkyl halides is 3. The summed E-state index contributed by atoms with van der Waals surface area (Å²) in [5.41, 5.74) is -0.208. The fourth-order valence-electron chi connectivity index (χ4n) is 2.90. The first-order valence-electron chi connectivity index (χ1n) is 7.98. The molecule has 0 aliphatic carbocycles. The molecule has 1 atom stereocenters. The minimum absolute atomic E-state index is 0.194. The van der Waals surface area contributed by atoms with Gasteiger partial charge < -0.3 is 0 Å². The number of pyridine rings is 1. The molecule has 2 nitrogen and oxygen atoms in total. The highest BCUT2D eigenvalue weighted by Gasteiger charge is 2.32. The summed E-state index contributed by atoms with van der Waals surface area (Å²) >= 11 is 0. The topological polar surface area (TPSA) is 22.0 Å². The van der Waals surface area contributed by atoms with Gasteiger partial charge >= 0.3 is 6.18 Å². The molecule has 0 amide bonds. The third-order valence-electron chi connectivity index (χ3n) is 4.11. The molecule has 0 radical (unpaired) electrons. The van der Waals surface area contributed by atoms with Gasteiger partial charge in [-0.1, -0.05) is 66.7 Å². The third-order valence-corrected chi connectivity index (χ3v) is 4.11. The molecule has 0 N–H and O–H groups in total. The number of nitrogens with zero attached hydrogens (tertiary/aromatic N) is 1. The second-order valence-electron chi connectivity index (χ2n) is 5.79. The monoisotopic (exact) mass is 355 g/mol. The maximum atomic E-state index is 13.2. The molecule has 2 aromatic carbocycles. The number of benzene rings is 2. The van der Waals surface area contributed by atoms with Crippen molar-refractivity contribution >= 4 is 0 Å². The van der Waals surface area contributed by atoms with Crippen molar-refractivity contribution in [3.63, 3.8) is 0 Å². The van der Waals surface area contributed by atoms with Crippen molar-refractivity contribution in [3.8, 4) is 11.3 Å². The van der Waals surface area contributed by atoms with Crippen LogP contribution in [0, 0.1) is 0 Å². The van der Waals surface area contributed by atoms with E-state index in [-0.39, 0.29) is 5.69 Å². The molecular weight excluding hydrogens is 339 g/mol. The predicted molar refractivity (Wildman–Crippen MR) is 95.9 cm³/mol. The minimum atomic E-state index is -4.60. The number of hydrogen-bond acceptors (Lipinski definition) is 1. The second-order valence-corrected chi connectivity index (χ2v) is 5.79. The van der Waals surface area contributed by atoms with Crippen LogP contribution in [0.2, 0.25) is 0 Å². The van der Waals surface area contributed by atoms with Crippen LogP contribution in [-0.4, -0.2) is 4.57 Å². The summed E-state index contributed by atoms with van der Waals surface area (Å²) in [4.78, 5) is 12.7. The molecular formula is C21H16F3NO. The lowest BCUT2D eigenvalue weighted by molar-refractivity contribution is -0.137. The van der Waals surface area contributed by atoms with Crippen molar-refractivity contribution in [2.24, 2.45) is 0 Å². The molecule has 1 unspecified atom stereocenters. The quantitative estimate of drug-likeness (QED) is 0.582. The van der Waals surface area contributed by atoms with Crippen molar-refractivity contribution in [1.29, 1.82) is 0 Å². The number of hydrogen-bond donors (Lipinski definition) is 0. The lowest BCUT2D eigenvalue weighted by atomic mass is 10.0. The van der Waals surface area contributed by atoms with Gasteiger partial charge in [-0.3, -0.25) is 9.36 Å². The van der Waals surface area contributed by atoms with Gasteiger partial charge in [0.15, 0.2) is 0 Å². The van der Waals surface area contributed by atoms with Gasteiger partial charge in [0.2, 0.25) is 0 Å². The first-order chi connectivity index (χ1) is 12.4. The van der Waals surface area contributed by atoms with Crippen LogP contribution in [0.25, 0.3) is 11.3 Å². The van der Waals surface area contributed by atoms with Crippen molar-refractivity contribution in [2.75, 3.05) is 0 Å². The Bertz CT molecular complexity index is 960. The van der Waals surface area contributed by atoms with E-state index in [0.717, 1.165) is 11.6 Å². The van der Waals surface area contributed by atoms with E-state index in [4.69, 9.17) is 0 Å². The van der Waals surface area contributed by atoms with E-state index in [1.54, 1.807) is 36.4 Å². The standard InChI is InChI=1S/C21H16F3NO/c1-2-18(15-9-5-3-6-10-15)25-19(16-11-7-4-8-12-16)13-17(14-20(25)26)21(22,23)24/h2-14,18H,1H2. The highest BCUT2D eigenvalue weighted by molar-refractivity contribution is 5.61. The van der Waals surface area contributed by atoms with Crippen LogP contribution in [-0.2, 0) is 6.18 Å². The highest BCUT2D eigenvalue weighted by Crippen LogP contribution is 2.33. The first kappa shape index (κ1) is 17.7. The highest BCUT2D eigenvalue weighted by atomic mass is 19.4. The summed E-state index contributed by atoms with van der Waals surface area (Å²) in [7, 11) is 0. The van der Waals surface area contributed by atoms with Gasteiger partial charge in [-0.05, 0) is 17.2 Å². The summed E-state index contributed by atoms with van der Waals surface area (Å²) in [6.07, 6.45) is -3.05. The molecule has 5 heteroatoms. The Morgan fingerprint density at radius 2 is 1.50 bits per heavy atom. The normalized spacial score (nSPS) is 12.6. The molecule has 0 fully saturated rings. The van der Waals surface area contributed by atoms with Crippen LogP contribution in [0.4, 0.5) is 13.2 Å². The maximum absolute atomic E-state index is 13.2. The van der Waals surface area contributed by atoms with E-state index in [1.807, 2.05) is 30.3 Å². The van der Waals surface area contributed by atoms with Crippen LogP contribution in [0.15, 0.2) is 90.2 Å². The van der Waals surface area contributed by atoms with Gasteiger partial charge in [0.05, 0.1) is 17.3 Å². The Morgan fingerprint density at radius 3 is 2.04 bits per heavy atom. The van der Waals surface area contributed by atoms with Crippen molar-refractivity contribution in [1.82, 2.24) is 4.57 Å². The number of rotatable bonds is 4. The zero-order chi connectivity index (χ0) is 18.7. The largest absolute Gasteiger partial charge is 0.416 e. The van der Waals surface area contributed by atoms with E-state index < -0.39 is 23.3 Å². The van der Waals surface area contributed by atoms with Gasteiger partial charge in [0, 0.05) is 6.07 Å². The Kier molecular flexibility index (Phi) is 4.80. The maximum Gasteiger partial charge on any atom is 0.416 e. The summed E-state index contributed by atoms with van der Waals surface area (Å²) < 4.78 is 41.0. The Hall–Kier alpha value is -3.08. The van der Waals surface area contributed by atoms with Crippen LogP contribution in [0.5, 0.6) is 0 Å². The summed E-state index contributed by atoms with van der Waals surface area (Å²) in [5.74, 6) is 0. The molecule has 0 saturated heterocycles. The predicted octanol–water partition coefficient (Wildman–Crippen LogP) is 5.31. The van der Waals surface area contributed by atoms with E-state index in [9.17, 15) is 18.0 Å². The molecule has 1 heterocycles. The fraction of sp³-hybridized carbons (Fsp3) is 0.0952. The zero-order valence-electron chi connectivity index (χ0n) is 13.8. The molecule has 0 aliphatic rings. The van der Waals surface area contributed by atoms with Gasteiger partial charge in [-0.25, -0.2) is 0 Å². The van der Waals surface area contributed by atoms with Gasteiger partial charge in [0.1, 0.15) is 0 Å². The average Bonchev–Trinajstić information content (AvgIpc) is 2.64. The van der Waals surface area contributed by atoms with Crippen molar-refractivity contribution in [2.45, 2.75) is 12.2 Å². The van der Waals surface area contributed by atoms with Gasteiger partial charge in [-0.2, -0.15) is 13.2 Å². The van der Waals surface area contributed by atoms with E-state index in [0.29, 0.717) is 11.6 Å². The third kappa shape index (κ3) is 3.47. The SMILES string of the molecule is C=CC(c1ccccc1)n1c(-c2ccccc2)cc(C(F)(F)F)cc1=O. The Morgan fingerprint density at radius 1 is 0.923 bits per heavy atom. The van der Waals surface area contributed by atoms with Crippen molar-refractivity contribution in [3.05, 3.63) is 107 Å². The van der Waals surface area contributed by atoms with E-state index >= 15 is 0 Å². The number of allylic oxidation sites excluding steroid dienone is 1. The summed E-state index contributed by atoms with van der Waals surface area (Å²) in [6, 6.07) is 18.7. The molecule has 1 aromatic heterocycles. The zero-order valence-corrected chi connectivity index (χ0v) is 13.8. The first-order valence-corrected chi connectivity index (χ1v) is 7.98. The molecule has 0 aliphatic heterocycles. The molecule has 0 spiro atoms. The Balaban J connectivity index is 2.31. The van der Waals surface area contributed by atoms with Crippen LogP contribution in [0.1, 0.15) is 17.2 Å². The second kappa shape index (κ2) is 7.04. The number of halogens is 3. The molecule has 26 heavy (non-hydrogen) atoms. The van der Waals surface area contributed by atoms with Gasteiger partial charge in [0.25, 0.3) is 5.56 Å². The van der Waals surface area contributed by atoms with Crippen LogP contribution < -0.4 is 5.56 Å². The molecule has 3 rings (SSSR count). The lowest BCUT2D eigenvalue weighted by Crippen LogP contribution is -2.27. The van der Waals surface area contributed by atoms with E-state index in [2.05, 4.69) is 6.58 Å². The van der Waals surface area contributed by atoms with E-state index in [1.165, 1.54) is 4.57 Å². The Labute approximate surface area is 148 Å². The number of aromatic nitrogens is 1. The van der Waals surface area contributed by atoms with Crippen molar-refractivity contribution < 1.29 is 13.2 Å². The fourth-order valence-corrected chi connectivity index (χ4v) is 2.90. The lowest BCUT2D eigenvalue weighted by Gasteiger charge is -2.22. The minimum Gasteiger partial charge on any atom is -0.297 e. The summed E-state index contributed by atoms with van der Waals surface area (Å²) in [5, 5.41) is 0. The molecule has 3 aromatic rings. The van der Waals surface area contributed by atoms with Gasteiger partial charge in [-0.15, -0.1) is 6.58 Å². The summed E-state index contributed by atoms with van der Waals surface area (Å²) in [6.45, 7) is 3.78. The molecule has 0 saturated carbocycles. The van der Waals surface area contributed by atoms with Crippen LogP contribution in [0.3, 0.4) is 0 Å². The smallest absolute Gasteiger partial charge is 0.297 e. The van der Waals surface area contributed by atoms with Crippen LogP contribution >= 0.6 is 0 Å². The molecule has 0 bridgehead atoms.